The Kier molecular flexibility index (Phi) is 4.63. The number of nitrogens with zero attached hydrogens (tertiary/aromatic N) is 1. The largest absolute Gasteiger partial charge is 0.370 e. The highest BCUT2D eigenvalue weighted by Gasteiger charge is 2.19. The maximum absolute atomic E-state index is 5.97. The fourth-order valence-corrected chi connectivity index (χ4v) is 2.09. The van der Waals surface area contributed by atoms with Crippen molar-refractivity contribution in [3.8, 4) is 0 Å². The molecule has 0 spiro atoms. The van der Waals surface area contributed by atoms with Crippen molar-refractivity contribution in [3.05, 3.63) is 65.7 Å². The van der Waals surface area contributed by atoms with E-state index >= 15 is 0 Å². The normalized spacial score (nSPS) is 12.2. The molecule has 0 aliphatic rings. The molecular formula is C18H23N3. The van der Waals surface area contributed by atoms with Crippen molar-refractivity contribution in [3.63, 3.8) is 0 Å². The average molecular weight is 281 g/mol. The third-order valence-corrected chi connectivity index (χ3v) is 3.52. The van der Waals surface area contributed by atoms with E-state index in [-0.39, 0.29) is 5.41 Å². The van der Waals surface area contributed by atoms with Gasteiger partial charge in [0.05, 0.1) is 6.54 Å². The van der Waals surface area contributed by atoms with Gasteiger partial charge in [-0.05, 0) is 24.6 Å². The number of guanidine groups is 1. The summed E-state index contributed by atoms with van der Waals surface area (Å²) in [6.45, 7) is 7.04. The minimum Gasteiger partial charge on any atom is -0.370 e. The highest BCUT2D eigenvalue weighted by molar-refractivity contribution is 5.92. The van der Waals surface area contributed by atoms with Gasteiger partial charge < -0.3 is 11.1 Å². The molecule has 0 fully saturated rings. The second-order valence-corrected chi connectivity index (χ2v) is 5.94. The van der Waals surface area contributed by atoms with Crippen LogP contribution in [0, 0.1) is 6.92 Å². The first-order valence-electron chi connectivity index (χ1n) is 7.16. The van der Waals surface area contributed by atoms with E-state index in [9.17, 15) is 0 Å². The highest BCUT2D eigenvalue weighted by atomic mass is 15.1. The molecule has 3 N–H and O–H groups in total. The minimum atomic E-state index is -0.0408. The van der Waals surface area contributed by atoms with Gasteiger partial charge in [0, 0.05) is 11.1 Å². The van der Waals surface area contributed by atoms with Gasteiger partial charge in [-0.3, -0.25) is 4.99 Å². The quantitative estimate of drug-likeness (QED) is 0.663. The predicted octanol–water partition coefficient (Wildman–Crippen LogP) is 3.70. The van der Waals surface area contributed by atoms with E-state index in [1.165, 1.54) is 11.1 Å². The number of nitrogens with one attached hydrogen (secondary N) is 1. The van der Waals surface area contributed by atoms with Gasteiger partial charge in [-0.15, -0.1) is 0 Å². The van der Waals surface area contributed by atoms with Gasteiger partial charge in [0.25, 0.3) is 0 Å². The third-order valence-electron chi connectivity index (χ3n) is 3.52. The summed E-state index contributed by atoms with van der Waals surface area (Å²) in [5, 5.41) is 3.12. The van der Waals surface area contributed by atoms with Crippen LogP contribution in [-0.2, 0) is 5.41 Å². The lowest BCUT2D eigenvalue weighted by molar-refractivity contribution is 0.540. The van der Waals surface area contributed by atoms with E-state index < -0.39 is 0 Å². The molecule has 0 saturated carbocycles. The Morgan fingerprint density at radius 2 is 1.67 bits per heavy atom. The number of hydrogen-bond acceptors (Lipinski definition) is 1. The first kappa shape index (κ1) is 15.1. The molecule has 0 aromatic heterocycles. The van der Waals surface area contributed by atoms with Crippen LogP contribution in [0.15, 0.2) is 59.6 Å². The summed E-state index contributed by atoms with van der Waals surface area (Å²) in [4.78, 5) is 4.47. The molecule has 0 aliphatic heterocycles. The van der Waals surface area contributed by atoms with Crippen LogP contribution in [0.1, 0.15) is 25.0 Å². The molecule has 0 bridgehead atoms. The number of aryl methyl sites for hydroxylation is 1. The standard InChI is InChI=1S/C18H23N3/c1-14-9-11-16(12-10-14)21-17(19)20-13-18(2,3)15-7-5-4-6-8-15/h4-12H,13H2,1-3H3,(H3,19,20,21). The molecule has 2 rings (SSSR count). The Labute approximate surface area is 126 Å². The van der Waals surface area contributed by atoms with Gasteiger partial charge in [0.1, 0.15) is 0 Å². The summed E-state index contributed by atoms with van der Waals surface area (Å²) in [5.41, 5.74) is 9.37. The fourth-order valence-electron chi connectivity index (χ4n) is 2.09. The first-order chi connectivity index (χ1) is 9.97. The number of nitrogens with two attached hydrogens (primary N) is 1. The molecule has 0 radical (unpaired) electrons. The van der Waals surface area contributed by atoms with E-state index in [1.807, 2.05) is 30.3 Å². The van der Waals surface area contributed by atoms with Crippen molar-refractivity contribution in [1.29, 1.82) is 0 Å². The molecule has 3 heteroatoms. The molecule has 0 unspecified atom stereocenters. The second kappa shape index (κ2) is 6.44. The van der Waals surface area contributed by atoms with Gasteiger partial charge >= 0.3 is 0 Å². The minimum absolute atomic E-state index is 0.0408. The van der Waals surface area contributed by atoms with Crippen LogP contribution in [0.3, 0.4) is 0 Å². The Bertz CT molecular complexity index is 598. The van der Waals surface area contributed by atoms with Crippen molar-refractivity contribution < 1.29 is 0 Å². The second-order valence-electron chi connectivity index (χ2n) is 5.94. The number of hydrogen-bond donors (Lipinski definition) is 2. The van der Waals surface area contributed by atoms with Gasteiger partial charge in [-0.2, -0.15) is 0 Å². The van der Waals surface area contributed by atoms with Gasteiger partial charge in [0.15, 0.2) is 5.96 Å². The molecule has 2 aromatic carbocycles. The summed E-state index contributed by atoms with van der Waals surface area (Å²) in [5.74, 6) is 0.447. The Hall–Kier alpha value is -2.29. The van der Waals surface area contributed by atoms with Crippen LogP contribution in [0.2, 0.25) is 0 Å². The zero-order valence-electron chi connectivity index (χ0n) is 12.9. The van der Waals surface area contributed by atoms with E-state index in [0.717, 1.165) is 5.69 Å². The maximum Gasteiger partial charge on any atom is 0.193 e. The summed E-state index contributed by atoms with van der Waals surface area (Å²) in [7, 11) is 0. The molecular weight excluding hydrogens is 258 g/mol. The summed E-state index contributed by atoms with van der Waals surface area (Å²) in [6.07, 6.45) is 0. The van der Waals surface area contributed by atoms with Crippen LogP contribution < -0.4 is 11.1 Å². The highest BCUT2D eigenvalue weighted by Crippen LogP contribution is 2.23. The summed E-state index contributed by atoms with van der Waals surface area (Å²) in [6, 6.07) is 18.5. The van der Waals surface area contributed by atoms with E-state index in [2.05, 4.69) is 55.3 Å². The average Bonchev–Trinajstić information content (AvgIpc) is 2.49. The fraction of sp³-hybridized carbons (Fsp3) is 0.278. The van der Waals surface area contributed by atoms with Crippen molar-refractivity contribution in [1.82, 2.24) is 0 Å². The van der Waals surface area contributed by atoms with Crippen molar-refractivity contribution in [2.45, 2.75) is 26.2 Å². The number of aliphatic imine (C=N–C) groups is 1. The van der Waals surface area contributed by atoms with Crippen LogP contribution >= 0.6 is 0 Å². The monoisotopic (exact) mass is 281 g/mol. The zero-order chi connectivity index (χ0) is 15.3. The third kappa shape index (κ3) is 4.35. The molecule has 0 heterocycles. The molecule has 0 atom stereocenters. The van der Waals surface area contributed by atoms with Gasteiger partial charge in [0.2, 0.25) is 0 Å². The number of benzene rings is 2. The Morgan fingerprint density at radius 3 is 2.29 bits per heavy atom. The van der Waals surface area contributed by atoms with E-state index in [4.69, 9.17) is 5.73 Å². The predicted molar refractivity (Wildman–Crippen MR) is 90.8 cm³/mol. The topological polar surface area (TPSA) is 50.4 Å². The zero-order valence-corrected chi connectivity index (χ0v) is 12.9. The van der Waals surface area contributed by atoms with Crippen molar-refractivity contribution in [2.24, 2.45) is 10.7 Å². The lowest BCUT2D eigenvalue weighted by Gasteiger charge is -2.23. The molecule has 0 saturated heterocycles. The van der Waals surface area contributed by atoms with Crippen LogP contribution in [0.5, 0.6) is 0 Å². The van der Waals surface area contributed by atoms with E-state index in [0.29, 0.717) is 12.5 Å². The van der Waals surface area contributed by atoms with Crippen LogP contribution in [-0.4, -0.2) is 12.5 Å². The molecule has 110 valence electrons. The molecule has 0 amide bonds. The molecule has 0 aliphatic carbocycles. The summed E-state index contributed by atoms with van der Waals surface area (Å²) >= 11 is 0. The number of rotatable bonds is 4. The number of anilines is 1. The Morgan fingerprint density at radius 1 is 1.05 bits per heavy atom. The van der Waals surface area contributed by atoms with Crippen LogP contribution in [0.4, 0.5) is 5.69 Å². The van der Waals surface area contributed by atoms with Crippen molar-refractivity contribution >= 4 is 11.6 Å². The van der Waals surface area contributed by atoms with Crippen molar-refractivity contribution in [2.75, 3.05) is 11.9 Å². The first-order valence-corrected chi connectivity index (χ1v) is 7.16. The molecule has 2 aromatic rings. The smallest absolute Gasteiger partial charge is 0.193 e. The molecule has 3 nitrogen and oxygen atoms in total. The lowest BCUT2D eigenvalue weighted by Crippen LogP contribution is -2.27. The molecule has 21 heavy (non-hydrogen) atoms. The van der Waals surface area contributed by atoms with Crippen LogP contribution in [0.25, 0.3) is 0 Å². The van der Waals surface area contributed by atoms with E-state index in [1.54, 1.807) is 0 Å². The maximum atomic E-state index is 5.97. The Balaban J connectivity index is 2.01. The lowest BCUT2D eigenvalue weighted by atomic mass is 9.85. The van der Waals surface area contributed by atoms with Gasteiger partial charge in [-0.25, -0.2) is 0 Å². The summed E-state index contributed by atoms with van der Waals surface area (Å²) < 4.78 is 0. The SMILES string of the molecule is Cc1ccc(NC(N)=NCC(C)(C)c2ccccc2)cc1. The van der Waals surface area contributed by atoms with Gasteiger partial charge in [-0.1, -0.05) is 61.9 Å².